The van der Waals surface area contributed by atoms with E-state index in [2.05, 4.69) is 5.32 Å². The van der Waals surface area contributed by atoms with E-state index in [1.54, 1.807) is 0 Å². The van der Waals surface area contributed by atoms with Crippen LogP contribution in [0.4, 0.5) is 5.69 Å². The van der Waals surface area contributed by atoms with Crippen molar-refractivity contribution < 1.29 is 18.0 Å². The zero-order valence-corrected chi connectivity index (χ0v) is 10.3. The second kappa shape index (κ2) is 3.82. The lowest BCUT2D eigenvalue weighted by Gasteiger charge is -2.22. The Labute approximate surface area is 103 Å². The van der Waals surface area contributed by atoms with Gasteiger partial charge in [0.2, 0.25) is 5.25 Å². The van der Waals surface area contributed by atoms with E-state index in [4.69, 9.17) is 11.6 Å². The third-order valence-electron chi connectivity index (χ3n) is 2.41. The molecule has 0 bridgehead atoms. The van der Waals surface area contributed by atoms with E-state index in [0.29, 0.717) is 5.02 Å². The van der Waals surface area contributed by atoms with E-state index in [-0.39, 0.29) is 11.3 Å². The van der Waals surface area contributed by atoms with Crippen molar-refractivity contribution in [1.82, 2.24) is 0 Å². The number of benzene rings is 1. The monoisotopic (exact) mass is 273 g/mol. The molecule has 0 spiro atoms. The number of anilines is 1. The zero-order valence-electron chi connectivity index (χ0n) is 8.73. The first-order valence-corrected chi connectivity index (χ1v) is 6.97. The van der Waals surface area contributed by atoms with Gasteiger partial charge in [0, 0.05) is 16.8 Å². The van der Waals surface area contributed by atoms with Crippen molar-refractivity contribution in [2.45, 2.75) is 5.25 Å². The van der Waals surface area contributed by atoms with Crippen LogP contribution in [0.1, 0.15) is 10.4 Å². The molecule has 1 amide bonds. The Balaban J connectivity index is 2.59. The maximum absolute atomic E-state index is 11.9. The summed E-state index contributed by atoms with van der Waals surface area (Å²) in [7, 11) is -3.77. The molecule has 1 aromatic carbocycles. The van der Waals surface area contributed by atoms with Crippen LogP contribution in [0.3, 0.4) is 0 Å². The van der Waals surface area contributed by atoms with E-state index in [1.807, 2.05) is 0 Å². The molecule has 7 heteroatoms. The highest BCUT2D eigenvalue weighted by Crippen LogP contribution is 2.28. The Bertz CT molecular complexity index is 623. The minimum Gasteiger partial charge on any atom is -0.324 e. The summed E-state index contributed by atoms with van der Waals surface area (Å²) >= 11 is 5.72. The molecule has 0 saturated carbocycles. The number of ketones is 1. The SMILES string of the molecule is CS(=O)(=O)C1C(=O)Nc2cc(Cl)ccc2C1=O. The van der Waals surface area contributed by atoms with Crippen molar-refractivity contribution in [1.29, 1.82) is 0 Å². The number of hydrogen-bond acceptors (Lipinski definition) is 4. The number of fused-ring (bicyclic) bond motifs is 1. The average Bonchev–Trinajstić information content (AvgIpc) is 2.13. The van der Waals surface area contributed by atoms with Gasteiger partial charge in [-0.15, -0.1) is 0 Å². The second-order valence-corrected chi connectivity index (χ2v) is 6.32. The van der Waals surface area contributed by atoms with Gasteiger partial charge in [0.1, 0.15) is 0 Å². The summed E-state index contributed by atoms with van der Waals surface area (Å²) in [4.78, 5) is 23.5. The van der Waals surface area contributed by atoms with Gasteiger partial charge in [-0.2, -0.15) is 0 Å². The highest BCUT2D eigenvalue weighted by atomic mass is 35.5. The molecule has 1 aliphatic rings. The Morgan fingerprint density at radius 3 is 2.53 bits per heavy atom. The lowest BCUT2D eigenvalue weighted by Crippen LogP contribution is -2.44. The summed E-state index contributed by atoms with van der Waals surface area (Å²) in [6, 6.07) is 4.28. The molecule has 1 unspecified atom stereocenters. The number of hydrogen-bond donors (Lipinski definition) is 1. The third-order valence-corrected chi connectivity index (χ3v) is 3.93. The van der Waals surface area contributed by atoms with E-state index in [1.165, 1.54) is 18.2 Å². The van der Waals surface area contributed by atoms with Crippen LogP contribution in [-0.4, -0.2) is 31.6 Å². The minimum absolute atomic E-state index is 0.157. The second-order valence-electron chi connectivity index (χ2n) is 3.75. The van der Waals surface area contributed by atoms with Gasteiger partial charge in [0.25, 0.3) is 5.91 Å². The molecule has 90 valence electrons. The zero-order chi connectivity index (χ0) is 12.8. The summed E-state index contributed by atoms with van der Waals surface area (Å²) < 4.78 is 22.8. The predicted octanol–water partition coefficient (Wildman–Crippen LogP) is 0.888. The first-order chi connectivity index (χ1) is 7.80. The Kier molecular flexibility index (Phi) is 2.71. The van der Waals surface area contributed by atoms with Crippen LogP contribution in [0.15, 0.2) is 18.2 Å². The van der Waals surface area contributed by atoms with Gasteiger partial charge in [-0.1, -0.05) is 11.6 Å². The van der Waals surface area contributed by atoms with Crippen molar-refractivity contribution in [2.75, 3.05) is 11.6 Å². The smallest absolute Gasteiger partial charge is 0.250 e. The van der Waals surface area contributed by atoms with Gasteiger partial charge < -0.3 is 5.32 Å². The Morgan fingerprint density at radius 1 is 1.29 bits per heavy atom. The van der Waals surface area contributed by atoms with Crippen LogP contribution in [0.2, 0.25) is 5.02 Å². The summed E-state index contributed by atoms with van der Waals surface area (Å²) in [6.45, 7) is 0. The van der Waals surface area contributed by atoms with Gasteiger partial charge in [0.15, 0.2) is 15.6 Å². The maximum Gasteiger partial charge on any atom is 0.250 e. The molecule has 0 radical (unpaired) electrons. The molecule has 1 heterocycles. The molecule has 17 heavy (non-hydrogen) atoms. The fourth-order valence-corrected chi connectivity index (χ4v) is 2.82. The van der Waals surface area contributed by atoms with E-state index in [9.17, 15) is 18.0 Å². The van der Waals surface area contributed by atoms with Crippen molar-refractivity contribution in [2.24, 2.45) is 0 Å². The molecule has 0 aromatic heterocycles. The molecular weight excluding hydrogens is 266 g/mol. The van der Waals surface area contributed by atoms with E-state index < -0.39 is 26.8 Å². The standard InChI is InChI=1S/C10H8ClNO4S/c1-17(15,16)9-8(13)6-3-2-5(11)4-7(6)12-10(9)14/h2-4,9H,1H3,(H,12,14). The normalized spacial score (nSPS) is 19.8. The number of nitrogens with one attached hydrogen (secondary N) is 1. The van der Waals surface area contributed by atoms with Crippen molar-refractivity contribution in [3.8, 4) is 0 Å². The molecule has 5 nitrogen and oxygen atoms in total. The number of carbonyl (C=O) groups excluding carboxylic acids is 2. The van der Waals surface area contributed by atoms with E-state index in [0.717, 1.165) is 6.26 Å². The van der Waals surface area contributed by atoms with E-state index >= 15 is 0 Å². The quantitative estimate of drug-likeness (QED) is 0.771. The van der Waals surface area contributed by atoms with Crippen LogP contribution in [0, 0.1) is 0 Å². The number of carbonyl (C=O) groups is 2. The van der Waals surface area contributed by atoms with Crippen molar-refractivity contribution in [3.63, 3.8) is 0 Å². The predicted molar refractivity (Wildman–Crippen MR) is 63.0 cm³/mol. The number of Topliss-reactive ketones (excluding diaryl/α,β-unsaturated/α-hetero) is 1. The van der Waals surface area contributed by atoms with Gasteiger partial charge >= 0.3 is 0 Å². The summed E-state index contributed by atoms with van der Waals surface area (Å²) in [5.74, 6) is -1.56. The number of sulfone groups is 1. The maximum atomic E-state index is 11.9. The molecule has 0 saturated heterocycles. The number of amides is 1. The molecule has 1 atom stereocenters. The largest absolute Gasteiger partial charge is 0.324 e. The molecule has 1 aliphatic heterocycles. The first kappa shape index (κ1) is 12.1. The topological polar surface area (TPSA) is 80.3 Å². The van der Waals surface area contributed by atoms with Gasteiger partial charge in [-0.25, -0.2) is 8.42 Å². The summed E-state index contributed by atoms with van der Waals surface area (Å²) in [6.07, 6.45) is 0.857. The molecule has 0 aliphatic carbocycles. The molecule has 1 aromatic rings. The molecule has 0 fully saturated rings. The van der Waals surface area contributed by atoms with Crippen molar-refractivity contribution >= 4 is 38.8 Å². The van der Waals surface area contributed by atoms with Crippen LogP contribution in [0.25, 0.3) is 0 Å². The number of halogens is 1. The van der Waals surface area contributed by atoms with Crippen LogP contribution in [-0.2, 0) is 14.6 Å². The highest BCUT2D eigenvalue weighted by molar-refractivity contribution is 7.93. The molecule has 2 rings (SSSR count). The summed E-state index contributed by atoms with van der Waals surface area (Å²) in [5, 5.41) is 1.05. The average molecular weight is 274 g/mol. The van der Waals surface area contributed by atoms with Crippen LogP contribution in [0.5, 0.6) is 0 Å². The van der Waals surface area contributed by atoms with Crippen LogP contribution >= 0.6 is 11.6 Å². The van der Waals surface area contributed by atoms with Gasteiger partial charge in [-0.05, 0) is 18.2 Å². The summed E-state index contributed by atoms with van der Waals surface area (Å²) in [5.41, 5.74) is 0.400. The third kappa shape index (κ3) is 2.05. The highest BCUT2D eigenvalue weighted by Gasteiger charge is 2.41. The first-order valence-electron chi connectivity index (χ1n) is 4.64. The Morgan fingerprint density at radius 2 is 1.94 bits per heavy atom. The fourth-order valence-electron chi connectivity index (χ4n) is 1.68. The van der Waals surface area contributed by atoms with Crippen LogP contribution < -0.4 is 5.32 Å². The van der Waals surface area contributed by atoms with Gasteiger partial charge in [-0.3, -0.25) is 9.59 Å². The Hall–Kier alpha value is -1.40. The van der Waals surface area contributed by atoms with Crippen molar-refractivity contribution in [3.05, 3.63) is 28.8 Å². The van der Waals surface area contributed by atoms with Gasteiger partial charge in [0.05, 0.1) is 5.69 Å². The molecule has 1 N–H and O–H groups in total. The molecular formula is C10H8ClNO4S. The minimum atomic E-state index is -3.77. The lowest BCUT2D eigenvalue weighted by atomic mass is 10.0. The fraction of sp³-hybridized carbons (Fsp3) is 0.200. The lowest BCUT2D eigenvalue weighted by molar-refractivity contribution is -0.115. The number of rotatable bonds is 1.